The largest absolute Gasteiger partial charge is 0.310 e. The molecule has 0 bridgehead atoms. The van der Waals surface area contributed by atoms with E-state index in [-0.39, 0.29) is 35.4 Å². The van der Waals surface area contributed by atoms with E-state index in [0.717, 1.165) is 49.8 Å². The zero-order valence-electron chi connectivity index (χ0n) is 38.3. The lowest BCUT2D eigenvalue weighted by molar-refractivity contribution is 1.28. The van der Waals surface area contributed by atoms with Crippen molar-refractivity contribution in [3.8, 4) is 44.5 Å². The van der Waals surface area contributed by atoms with Crippen molar-refractivity contribution in [1.29, 1.82) is 0 Å². The lowest BCUT2D eigenvalue weighted by atomic mass is 9.84. The molecule has 0 aromatic heterocycles. The van der Waals surface area contributed by atoms with Crippen molar-refractivity contribution in [2.24, 2.45) is 0 Å². The maximum atomic E-state index is 9.56. The van der Waals surface area contributed by atoms with Gasteiger partial charge in [-0.15, -0.1) is 0 Å². The van der Waals surface area contributed by atoms with Crippen LogP contribution in [0.2, 0.25) is 0 Å². The normalized spacial score (nSPS) is 12.4. The van der Waals surface area contributed by atoms with E-state index in [2.05, 4.69) is 164 Å². The molecule has 0 amide bonds. The van der Waals surface area contributed by atoms with Crippen molar-refractivity contribution in [2.45, 2.75) is 0 Å². The number of fused-ring (bicyclic) bond motifs is 9. The van der Waals surface area contributed by atoms with Gasteiger partial charge in [-0.2, -0.15) is 0 Å². The zero-order chi connectivity index (χ0) is 45.2. The number of hydrogen-bond acceptors (Lipinski definition) is 1. The zero-order valence-corrected chi connectivity index (χ0v) is 34.3. The monoisotopic (exact) mass is 803 g/mol. The number of rotatable bonds is 7. The highest BCUT2D eigenvalue weighted by atomic mass is 15.1. The van der Waals surface area contributed by atoms with Crippen LogP contribution >= 0.6 is 0 Å². The van der Waals surface area contributed by atoms with Crippen LogP contribution in [0.5, 0.6) is 0 Å². The van der Waals surface area contributed by atoms with Crippen molar-refractivity contribution < 1.29 is 5.48 Å². The molecule has 294 valence electrons. The smallest absolute Gasteiger partial charge is 0.0645 e. The average molecular weight is 804 g/mol. The molecule has 0 aliphatic heterocycles. The second kappa shape index (κ2) is 15.3. The lowest BCUT2D eigenvalue weighted by Gasteiger charge is -2.27. The summed E-state index contributed by atoms with van der Waals surface area (Å²) in [5.41, 5.74) is 8.91. The summed E-state index contributed by atoms with van der Waals surface area (Å²) in [6.07, 6.45) is 0. The Kier molecular flexibility index (Phi) is 7.91. The first-order valence-electron chi connectivity index (χ1n) is 23.4. The molecular formula is C62H41N. The third-order valence-corrected chi connectivity index (χ3v) is 12.5. The Morgan fingerprint density at radius 3 is 1.19 bits per heavy atom. The number of benzene rings is 12. The first-order chi connectivity index (χ1) is 32.9. The van der Waals surface area contributed by atoms with Gasteiger partial charge < -0.3 is 4.90 Å². The maximum Gasteiger partial charge on any atom is 0.0645 e. The molecule has 12 aromatic carbocycles. The van der Waals surface area contributed by atoms with Gasteiger partial charge in [0.25, 0.3) is 0 Å². The summed E-state index contributed by atoms with van der Waals surface area (Å²) in [6, 6.07) is 77.1. The van der Waals surface area contributed by atoms with E-state index in [9.17, 15) is 5.48 Å². The Labute approximate surface area is 373 Å². The SMILES string of the molecule is [2H]c1c([2H])c(N(c2ccc(-c3c(-c4ccc5c6ccccc6c6ccccc6c5c4)c4ccccc4c4ccccc34)cc2)c2cccc(-c3ccccc3)c2)c([2H])c([2H])c1-c1ccccc1. The van der Waals surface area contributed by atoms with Crippen molar-refractivity contribution in [3.05, 3.63) is 249 Å². The van der Waals surface area contributed by atoms with E-state index >= 15 is 0 Å². The second-order valence-corrected chi connectivity index (χ2v) is 16.1. The highest BCUT2D eigenvalue weighted by molar-refractivity contribution is 6.27. The van der Waals surface area contributed by atoms with E-state index in [1.807, 2.05) is 65.6 Å². The maximum absolute atomic E-state index is 9.56. The topological polar surface area (TPSA) is 3.24 Å². The summed E-state index contributed by atoms with van der Waals surface area (Å²) >= 11 is 0. The summed E-state index contributed by atoms with van der Waals surface area (Å²) in [5, 5.41) is 12.0. The van der Waals surface area contributed by atoms with E-state index in [1.165, 1.54) is 43.1 Å². The fourth-order valence-electron chi connectivity index (χ4n) is 9.61. The van der Waals surface area contributed by atoms with Crippen molar-refractivity contribution in [2.75, 3.05) is 4.90 Å². The average Bonchev–Trinajstić information content (AvgIpc) is 3.39. The van der Waals surface area contributed by atoms with Crippen LogP contribution in [0.3, 0.4) is 0 Å². The van der Waals surface area contributed by atoms with Gasteiger partial charge in [0.1, 0.15) is 0 Å². The molecule has 0 unspecified atom stereocenters. The lowest BCUT2D eigenvalue weighted by Crippen LogP contribution is -2.10. The van der Waals surface area contributed by atoms with Crippen LogP contribution < -0.4 is 4.90 Å². The van der Waals surface area contributed by atoms with Gasteiger partial charge in [-0.25, -0.2) is 0 Å². The van der Waals surface area contributed by atoms with Crippen LogP contribution in [-0.4, -0.2) is 0 Å². The van der Waals surface area contributed by atoms with Gasteiger partial charge in [0.2, 0.25) is 0 Å². The molecule has 0 saturated heterocycles. The van der Waals surface area contributed by atoms with Crippen LogP contribution in [0.25, 0.3) is 98.4 Å². The molecule has 12 aromatic rings. The summed E-state index contributed by atoms with van der Waals surface area (Å²) in [6.45, 7) is 0. The third kappa shape index (κ3) is 6.33. The molecule has 0 N–H and O–H groups in total. The van der Waals surface area contributed by atoms with Gasteiger partial charge >= 0.3 is 0 Å². The minimum Gasteiger partial charge on any atom is -0.310 e. The number of hydrogen-bond donors (Lipinski definition) is 0. The Morgan fingerprint density at radius 1 is 0.222 bits per heavy atom. The summed E-state index contributed by atoms with van der Waals surface area (Å²) in [4.78, 5) is 1.88. The molecule has 1 nitrogen and oxygen atoms in total. The van der Waals surface area contributed by atoms with Crippen LogP contribution in [0.4, 0.5) is 17.1 Å². The summed E-state index contributed by atoms with van der Waals surface area (Å²) in [5.74, 6) is 0. The van der Waals surface area contributed by atoms with Gasteiger partial charge in [-0.05, 0) is 141 Å². The molecule has 0 fully saturated rings. The van der Waals surface area contributed by atoms with Crippen molar-refractivity contribution in [3.63, 3.8) is 0 Å². The Hall–Kier alpha value is -8.26. The predicted octanol–water partition coefficient (Wildman–Crippen LogP) is 17.6. The first-order valence-corrected chi connectivity index (χ1v) is 21.4. The summed E-state index contributed by atoms with van der Waals surface area (Å²) in [7, 11) is 0. The van der Waals surface area contributed by atoms with Crippen LogP contribution in [0.1, 0.15) is 5.48 Å². The molecule has 0 spiro atoms. The number of nitrogens with zero attached hydrogens (tertiary/aromatic N) is 1. The van der Waals surface area contributed by atoms with Gasteiger partial charge in [0, 0.05) is 17.1 Å². The van der Waals surface area contributed by atoms with E-state index < -0.39 is 0 Å². The van der Waals surface area contributed by atoms with Gasteiger partial charge in [0.05, 0.1) is 5.48 Å². The van der Waals surface area contributed by atoms with Gasteiger partial charge in [0.15, 0.2) is 0 Å². The highest BCUT2D eigenvalue weighted by Gasteiger charge is 2.20. The molecule has 0 aliphatic carbocycles. The van der Waals surface area contributed by atoms with Gasteiger partial charge in [-0.1, -0.05) is 206 Å². The minimum absolute atomic E-state index is 0.0912. The first kappa shape index (κ1) is 32.5. The molecule has 1 heteroatoms. The number of anilines is 3. The van der Waals surface area contributed by atoms with Crippen molar-refractivity contribution in [1.82, 2.24) is 0 Å². The van der Waals surface area contributed by atoms with Crippen LogP contribution in [-0.2, 0) is 0 Å². The van der Waals surface area contributed by atoms with E-state index in [4.69, 9.17) is 0 Å². The van der Waals surface area contributed by atoms with E-state index in [1.54, 1.807) is 0 Å². The molecule has 0 aliphatic rings. The second-order valence-electron chi connectivity index (χ2n) is 16.1. The predicted molar refractivity (Wildman–Crippen MR) is 270 cm³/mol. The summed E-state index contributed by atoms with van der Waals surface area (Å²) < 4.78 is 37.7. The van der Waals surface area contributed by atoms with Crippen molar-refractivity contribution >= 4 is 70.9 Å². The fourth-order valence-corrected chi connectivity index (χ4v) is 9.61. The highest BCUT2D eigenvalue weighted by Crippen LogP contribution is 2.47. The van der Waals surface area contributed by atoms with Crippen LogP contribution in [0.15, 0.2) is 249 Å². The van der Waals surface area contributed by atoms with E-state index in [0.29, 0.717) is 11.3 Å². The van der Waals surface area contributed by atoms with Crippen LogP contribution in [0, 0.1) is 0 Å². The molecular weight excluding hydrogens is 759 g/mol. The minimum atomic E-state index is -0.117. The molecule has 0 saturated carbocycles. The molecule has 63 heavy (non-hydrogen) atoms. The molecule has 0 heterocycles. The Bertz CT molecular complexity index is 3840. The Morgan fingerprint density at radius 2 is 0.635 bits per heavy atom. The fraction of sp³-hybridized carbons (Fsp3) is 0. The third-order valence-electron chi connectivity index (χ3n) is 12.5. The standard InChI is InChI=1S/C62H41N/c1-3-16-42(17-4-1)44-30-35-48(36-31-44)63(50-21-15-20-46(40-50)43-18-5-2-6-19-43)49-37-32-45(33-38-49)61-58-28-13-11-25-54(58)55-26-12-14-29-59(55)62(61)47-34-39-57-53-24-8-7-22-51(53)52-23-9-10-27-56(52)60(57)41-47/h1-41H/i30D,31D,35D,36D. The molecule has 12 rings (SSSR count). The Balaban J connectivity index is 1.09. The quantitative estimate of drug-likeness (QED) is 0.145. The molecule has 0 radical (unpaired) electrons. The molecule has 0 atom stereocenters. The van der Waals surface area contributed by atoms with Gasteiger partial charge in [-0.3, -0.25) is 0 Å².